The fraction of sp³-hybridized carbons (Fsp3) is 0.263. The topological polar surface area (TPSA) is 120 Å². The van der Waals surface area contributed by atoms with Crippen LogP contribution < -0.4 is 10.6 Å². The standard InChI is InChI=1S/C19H18N4O5/c1-11-6-13-8-17-14(10-27-28-17)7-16(13)19(21-22(11)18(24)9-20)12-2-4-15(5-3-12)23(25)26/h2-5,7-8,11H,6,9-10,20H2,1H3. The number of nitro groups is 1. The molecule has 0 spiro atoms. The van der Waals surface area contributed by atoms with Crippen LogP contribution in [-0.4, -0.2) is 34.1 Å². The molecular weight excluding hydrogens is 364 g/mol. The number of nitro benzene ring substituents is 1. The zero-order valence-electron chi connectivity index (χ0n) is 15.1. The first-order valence-electron chi connectivity index (χ1n) is 8.79. The zero-order chi connectivity index (χ0) is 19.8. The molecule has 4 rings (SSSR count). The Labute approximate surface area is 160 Å². The summed E-state index contributed by atoms with van der Waals surface area (Å²) in [6.45, 7) is 2.05. The molecule has 144 valence electrons. The highest BCUT2D eigenvalue weighted by molar-refractivity contribution is 6.14. The number of non-ortho nitro benzene ring substituents is 1. The Morgan fingerprint density at radius 2 is 2.07 bits per heavy atom. The molecular formula is C19H18N4O5. The van der Waals surface area contributed by atoms with Gasteiger partial charge in [-0.15, -0.1) is 0 Å². The third-order valence-electron chi connectivity index (χ3n) is 4.83. The lowest BCUT2D eigenvalue weighted by Crippen LogP contribution is -2.39. The molecule has 2 aliphatic heterocycles. The quantitative estimate of drug-likeness (QED) is 0.492. The Balaban J connectivity index is 1.88. The molecule has 2 N–H and O–H groups in total. The molecule has 0 saturated carbocycles. The van der Waals surface area contributed by atoms with Crippen LogP contribution >= 0.6 is 0 Å². The molecule has 0 bridgehead atoms. The van der Waals surface area contributed by atoms with Gasteiger partial charge in [0, 0.05) is 28.8 Å². The van der Waals surface area contributed by atoms with Crippen LogP contribution in [0.3, 0.4) is 0 Å². The molecule has 2 aromatic rings. The molecule has 2 aliphatic rings. The predicted molar refractivity (Wildman–Crippen MR) is 99.7 cm³/mol. The van der Waals surface area contributed by atoms with Crippen molar-refractivity contribution in [2.45, 2.75) is 26.0 Å². The highest BCUT2D eigenvalue weighted by Crippen LogP contribution is 2.33. The van der Waals surface area contributed by atoms with Gasteiger partial charge in [-0.25, -0.2) is 5.01 Å². The smallest absolute Gasteiger partial charge is 0.269 e. The predicted octanol–water partition coefficient (Wildman–Crippen LogP) is 1.90. The average Bonchev–Trinajstić information content (AvgIpc) is 3.09. The van der Waals surface area contributed by atoms with E-state index in [4.69, 9.17) is 15.5 Å². The van der Waals surface area contributed by atoms with Crippen molar-refractivity contribution in [2.75, 3.05) is 6.54 Å². The van der Waals surface area contributed by atoms with Crippen LogP contribution in [0, 0.1) is 10.1 Å². The number of amides is 1. The monoisotopic (exact) mass is 382 g/mol. The van der Waals surface area contributed by atoms with Gasteiger partial charge in [0.2, 0.25) is 0 Å². The van der Waals surface area contributed by atoms with Gasteiger partial charge in [-0.1, -0.05) is 0 Å². The lowest BCUT2D eigenvalue weighted by molar-refractivity contribution is -0.384. The van der Waals surface area contributed by atoms with E-state index in [1.54, 1.807) is 12.1 Å². The number of carbonyl (C=O) groups is 1. The SMILES string of the molecule is CC1Cc2cc3c(cc2C(c2ccc([N+](=O)[O-])cc2)=NN1C(=O)CN)COO3. The van der Waals surface area contributed by atoms with Crippen LogP contribution in [0.15, 0.2) is 41.5 Å². The minimum Gasteiger partial charge on any atom is -0.337 e. The van der Waals surface area contributed by atoms with Crippen molar-refractivity contribution < 1.29 is 19.5 Å². The van der Waals surface area contributed by atoms with Gasteiger partial charge in [-0.3, -0.25) is 14.9 Å². The van der Waals surface area contributed by atoms with Gasteiger partial charge in [-0.2, -0.15) is 9.99 Å². The summed E-state index contributed by atoms with van der Waals surface area (Å²) in [5, 5.41) is 17.0. The lowest BCUT2D eigenvalue weighted by Gasteiger charge is -2.22. The number of fused-ring (bicyclic) bond motifs is 2. The highest BCUT2D eigenvalue weighted by Gasteiger charge is 2.29. The maximum atomic E-state index is 12.4. The third-order valence-corrected chi connectivity index (χ3v) is 4.83. The van der Waals surface area contributed by atoms with E-state index < -0.39 is 4.92 Å². The molecule has 0 aliphatic carbocycles. The van der Waals surface area contributed by atoms with E-state index in [9.17, 15) is 14.9 Å². The highest BCUT2D eigenvalue weighted by atomic mass is 17.2. The van der Waals surface area contributed by atoms with Crippen LogP contribution in [0.1, 0.15) is 29.2 Å². The first-order valence-corrected chi connectivity index (χ1v) is 8.79. The van der Waals surface area contributed by atoms with E-state index in [1.165, 1.54) is 17.1 Å². The molecule has 1 atom stereocenters. The van der Waals surface area contributed by atoms with E-state index in [0.29, 0.717) is 30.1 Å². The minimum absolute atomic E-state index is 0.0165. The zero-order valence-corrected chi connectivity index (χ0v) is 15.1. The molecule has 0 radical (unpaired) electrons. The molecule has 2 aromatic carbocycles. The summed E-state index contributed by atoms with van der Waals surface area (Å²) in [6.07, 6.45) is 0.553. The molecule has 0 saturated heterocycles. The van der Waals surface area contributed by atoms with Gasteiger partial charge >= 0.3 is 0 Å². The largest absolute Gasteiger partial charge is 0.337 e. The number of nitrogens with two attached hydrogens (primary N) is 1. The molecule has 1 amide bonds. The van der Waals surface area contributed by atoms with Gasteiger partial charge in [0.25, 0.3) is 11.6 Å². The van der Waals surface area contributed by atoms with Crippen LogP contribution in [0.4, 0.5) is 5.69 Å². The Hall–Kier alpha value is -3.30. The minimum atomic E-state index is -0.458. The summed E-state index contributed by atoms with van der Waals surface area (Å²) < 4.78 is 0. The molecule has 9 nitrogen and oxygen atoms in total. The molecule has 0 aromatic heterocycles. The number of hydrogen-bond acceptors (Lipinski definition) is 7. The molecule has 1 unspecified atom stereocenters. The summed E-state index contributed by atoms with van der Waals surface area (Å²) in [7, 11) is 0. The van der Waals surface area contributed by atoms with Gasteiger partial charge in [-0.05, 0) is 43.2 Å². The average molecular weight is 382 g/mol. The number of rotatable bonds is 3. The van der Waals surface area contributed by atoms with Gasteiger partial charge in [0.15, 0.2) is 5.75 Å². The van der Waals surface area contributed by atoms with Crippen molar-refractivity contribution >= 4 is 17.3 Å². The number of hydrogen-bond donors (Lipinski definition) is 1. The summed E-state index contributed by atoms with van der Waals surface area (Å²) in [4.78, 5) is 33.1. The molecule has 0 fully saturated rings. The number of nitrogens with zero attached hydrogens (tertiary/aromatic N) is 3. The maximum absolute atomic E-state index is 12.4. The van der Waals surface area contributed by atoms with Crippen molar-refractivity contribution in [1.29, 1.82) is 0 Å². The number of benzene rings is 2. The van der Waals surface area contributed by atoms with Crippen molar-refractivity contribution in [3.05, 3.63) is 68.8 Å². The third kappa shape index (κ3) is 3.10. The maximum Gasteiger partial charge on any atom is 0.269 e. The van der Waals surface area contributed by atoms with Crippen LogP contribution in [0.5, 0.6) is 5.75 Å². The summed E-state index contributed by atoms with van der Waals surface area (Å²) in [5.74, 6) is 0.347. The van der Waals surface area contributed by atoms with Crippen LogP contribution in [0.25, 0.3) is 0 Å². The first-order chi connectivity index (χ1) is 13.5. The lowest BCUT2D eigenvalue weighted by atomic mass is 9.92. The second-order valence-electron chi connectivity index (χ2n) is 6.71. The Morgan fingerprint density at radius 3 is 2.75 bits per heavy atom. The first kappa shape index (κ1) is 18.1. The van der Waals surface area contributed by atoms with Gasteiger partial charge in [0.1, 0.15) is 6.61 Å². The molecule has 9 heteroatoms. The van der Waals surface area contributed by atoms with Gasteiger partial charge in [0.05, 0.1) is 23.2 Å². The van der Waals surface area contributed by atoms with E-state index in [1.807, 2.05) is 19.1 Å². The molecule has 2 heterocycles. The van der Waals surface area contributed by atoms with E-state index in [0.717, 1.165) is 16.7 Å². The van der Waals surface area contributed by atoms with Crippen LogP contribution in [0.2, 0.25) is 0 Å². The summed E-state index contributed by atoms with van der Waals surface area (Å²) in [5.41, 5.74) is 9.41. The van der Waals surface area contributed by atoms with E-state index in [2.05, 4.69) is 5.10 Å². The van der Waals surface area contributed by atoms with E-state index >= 15 is 0 Å². The van der Waals surface area contributed by atoms with Crippen molar-refractivity contribution in [3.63, 3.8) is 0 Å². The van der Waals surface area contributed by atoms with Crippen molar-refractivity contribution in [3.8, 4) is 5.75 Å². The van der Waals surface area contributed by atoms with E-state index in [-0.39, 0.29) is 24.2 Å². The Morgan fingerprint density at radius 1 is 1.32 bits per heavy atom. The fourth-order valence-electron chi connectivity index (χ4n) is 3.42. The second kappa shape index (κ2) is 7.02. The normalized spacial score (nSPS) is 17.9. The summed E-state index contributed by atoms with van der Waals surface area (Å²) in [6, 6.07) is 9.70. The number of hydrazone groups is 1. The Bertz CT molecular complexity index is 987. The fourth-order valence-corrected chi connectivity index (χ4v) is 3.42. The second-order valence-corrected chi connectivity index (χ2v) is 6.71. The summed E-state index contributed by atoms with van der Waals surface area (Å²) >= 11 is 0. The van der Waals surface area contributed by atoms with Crippen LogP contribution in [-0.2, 0) is 22.7 Å². The van der Waals surface area contributed by atoms with Gasteiger partial charge < -0.3 is 10.6 Å². The number of carbonyl (C=O) groups excluding carboxylic acids is 1. The van der Waals surface area contributed by atoms with Crippen molar-refractivity contribution in [1.82, 2.24) is 5.01 Å². The Kier molecular flexibility index (Phi) is 4.54. The van der Waals surface area contributed by atoms with Crippen molar-refractivity contribution in [2.24, 2.45) is 10.8 Å². The molecule has 28 heavy (non-hydrogen) atoms.